The Morgan fingerprint density at radius 3 is 2.64 bits per heavy atom. The van der Waals surface area contributed by atoms with Gasteiger partial charge in [-0.2, -0.15) is 0 Å². The molecule has 1 aromatic heterocycles. The van der Waals surface area contributed by atoms with Gasteiger partial charge in [0, 0.05) is 48.5 Å². The van der Waals surface area contributed by atoms with Gasteiger partial charge in [-0.25, -0.2) is 4.79 Å². The van der Waals surface area contributed by atoms with Crippen molar-refractivity contribution >= 4 is 28.6 Å². The number of amides is 1. The predicted molar refractivity (Wildman–Crippen MR) is 102 cm³/mol. The van der Waals surface area contributed by atoms with E-state index in [1.807, 2.05) is 25.7 Å². The van der Waals surface area contributed by atoms with Gasteiger partial charge in [0.25, 0.3) is 0 Å². The molecule has 0 saturated carbocycles. The minimum Gasteiger partial charge on any atom is -0.444 e. The number of fused-ring (bicyclic) bond motifs is 3. The Morgan fingerprint density at radius 1 is 1.20 bits per heavy atom. The highest BCUT2D eigenvalue weighted by Crippen LogP contribution is 2.30. The number of rotatable bonds is 3. The predicted octanol–water partition coefficient (Wildman–Crippen LogP) is 4.61. The van der Waals surface area contributed by atoms with E-state index >= 15 is 0 Å². The first-order valence-corrected chi connectivity index (χ1v) is 9.57. The van der Waals surface area contributed by atoms with Crippen molar-refractivity contribution in [3.05, 3.63) is 35.5 Å². The number of hydrogen-bond acceptors (Lipinski definition) is 2. The first kappa shape index (κ1) is 18.1. The number of hydrogen-bond donors (Lipinski definition) is 0. The molecule has 1 amide bonds. The maximum atomic E-state index is 12.4. The molecular weight excluding hydrogens is 336 g/mol. The van der Waals surface area contributed by atoms with E-state index in [9.17, 15) is 4.79 Å². The maximum absolute atomic E-state index is 12.4. The van der Waals surface area contributed by atoms with Gasteiger partial charge < -0.3 is 14.2 Å². The van der Waals surface area contributed by atoms with Crippen LogP contribution in [0.1, 0.15) is 38.4 Å². The molecule has 0 fully saturated rings. The lowest BCUT2D eigenvalue weighted by atomic mass is 10.1. The molecule has 0 bridgehead atoms. The Morgan fingerprint density at radius 2 is 1.92 bits per heavy atom. The van der Waals surface area contributed by atoms with Gasteiger partial charge in [0.1, 0.15) is 5.60 Å². The van der Waals surface area contributed by atoms with Crippen LogP contribution in [0.25, 0.3) is 10.9 Å². The maximum Gasteiger partial charge on any atom is 0.410 e. The fraction of sp³-hybridized carbons (Fsp3) is 0.550. The molecule has 3 rings (SSSR count). The largest absolute Gasteiger partial charge is 0.444 e. The monoisotopic (exact) mass is 362 g/mol. The molecule has 1 aliphatic rings. The Kier molecular flexibility index (Phi) is 5.28. The zero-order valence-electron chi connectivity index (χ0n) is 15.3. The molecule has 0 radical (unpaired) electrons. The van der Waals surface area contributed by atoms with Crippen molar-refractivity contribution in [1.29, 1.82) is 0 Å². The lowest BCUT2D eigenvalue weighted by Crippen LogP contribution is -2.38. The van der Waals surface area contributed by atoms with Crippen molar-refractivity contribution in [3.63, 3.8) is 0 Å². The number of aryl methyl sites for hydroxylation is 1. The van der Waals surface area contributed by atoms with E-state index in [1.54, 1.807) is 0 Å². The minimum absolute atomic E-state index is 0.214. The van der Waals surface area contributed by atoms with Crippen LogP contribution in [0.15, 0.2) is 24.3 Å². The minimum atomic E-state index is -0.460. The summed E-state index contributed by atoms with van der Waals surface area (Å²) in [4.78, 5) is 14.3. The van der Waals surface area contributed by atoms with E-state index in [1.165, 1.54) is 22.2 Å². The van der Waals surface area contributed by atoms with Crippen LogP contribution in [-0.4, -0.2) is 40.1 Å². The number of para-hydroxylation sites is 1. The molecule has 25 heavy (non-hydrogen) atoms. The Balaban J connectivity index is 1.88. The second kappa shape index (κ2) is 7.28. The zero-order chi connectivity index (χ0) is 18.0. The van der Waals surface area contributed by atoms with Gasteiger partial charge in [0.15, 0.2) is 0 Å². The number of carbonyl (C=O) groups excluding carboxylic acids is 1. The number of nitrogens with zero attached hydrogens (tertiary/aromatic N) is 2. The number of alkyl halides is 1. The first-order valence-electron chi connectivity index (χ1n) is 9.03. The summed E-state index contributed by atoms with van der Waals surface area (Å²) >= 11 is 5.93. The molecule has 0 spiro atoms. The second-order valence-electron chi connectivity index (χ2n) is 7.60. The number of aromatic nitrogens is 1. The van der Waals surface area contributed by atoms with E-state index in [4.69, 9.17) is 16.3 Å². The first-order chi connectivity index (χ1) is 11.9. The van der Waals surface area contributed by atoms with Gasteiger partial charge in [-0.05, 0) is 45.2 Å². The molecule has 0 aliphatic carbocycles. The molecule has 2 heterocycles. The van der Waals surface area contributed by atoms with Crippen molar-refractivity contribution < 1.29 is 9.53 Å². The summed E-state index contributed by atoms with van der Waals surface area (Å²) in [6, 6.07) is 8.55. The summed E-state index contributed by atoms with van der Waals surface area (Å²) in [6.45, 7) is 8.04. The average Bonchev–Trinajstić information content (AvgIpc) is 2.69. The van der Waals surface area contributed by atoms with Crippen LogP contribution in [0.2, 0.25) is 0 Å². The van der Waals surface area contributed by atoms with Crippen LogP contribution in [0.3, 0.4) is 0 Å². The van der Waals surface area contributed by atoms with Crippen LogP contribution >= 0.6 is 11.6 Å². The number of ether oxygens (including phenoxy) is 1. The Bertz CT molecular complexity index is 761. The number of benzene rings is 1. The molecule has 2 aromatic rings. The summed E-state index contributed by atoms with van der Waals surface area (Å²) in [6.07, 6.45) is 2.45. The number of carbonyl (C=O) groups is 1. The highest BCUT2D eigenvalue weighted by Gasteiger charge is 2.26. The smallest absolute Gasteiger partial charge is 0.410 e. The second-order valence-corrected chi connectivity index (χ2v) is 7.98. The Labute approximate surface area is 154 Å². The van der Waals surface area contributed by atoms with Gasteiger partial charge in [0.2, 0.25) is 0 Å². The molecule has 0 saturated heterocycles. The van der Waals surface area contributed by atoms with Crippen LogP contribution in [0.4, 0.5) is 4.79 Å². The quantitative estimate of drug-likeness (QED) is 0.747. The van der Waals surface area contributed by atoms with E-state index < -0.39 is 5.60 Å². The third-order valence-corrected chi connectivity index (χ3v) is 4.88. The van der Waals surface area contributed by atoms with Gasteiger partial charge in [-0.3, -0.25) is 0 Å². The molecular formula is C20H27ClN2O2. The summed E-state index contributed by atoms with van der Waals surface area (Å²) < 4.78 is 7.95. The lowest BCUT2D eigenvalue weighted by molar-refractivity contribution is 0.0258. The van der Waals surface area contributed by atoms with E-state index in [-0.39, 0.29) is 6.09 Å². The molecule has 0 atom stereocenters. The van der Waals surface area contributed by atoms with Gasteiger partial charge in [0.05, 0.1) is 0 Å². The summed E-state index contributed by atoms with van der Waals surface area (Å²) in [5.74, 6) is 0.658. The van der Waals surface area contributed by atoms with Gasteiger partial charge >= 0.3 is 6.09 Å². The van der Waals surface area contributed by atoms with Crippen molar-refractivity contribution in [2.24, 2.45) is 0 Å². The van der Waals surface area contributed by atoms with Gasteiger partial charge in [-0.15, -0.1) is 11.6 Å². The number of halogens is 1. The normalized spacial score (nSPS) is 15.1. The van der Waals surface area contributed by atoms with Crippen LogP contribution in [-0.2, 0) is 24.1 Å². The van der Waals surface area contributed by atoms with Crippen molar-refractivity contribution in [2.75, 3.05) is 19.0 Å². The van der Waals surface area contributed by atoms with Gasteiger partial charge in [-0.1, -0.05) is 18.2 Å². The summed E-state index contributed by atoms with van der Waals surface area (Å²) in [5, 5.41) is 1.30. The summed E-state index contributed by atoms with van der Waals surface area (Å²) in [7, 11) is 0. The van der Waals surface area contributed by atoms with Crippen molar-refractivity contribution in [2.45, 2.75) is 52.2 Å². The SMILES string of the molecule is CC(C)(C)OC(=O)N1CCc2c(n(CCCCl)c3ccccc23)CC1. The molecule has 136 valence electrons. The Hall–Kier alpha value is -1.68. The molecule has 0 N–H and O–H groups in total. The fourth-order valence-corrected chi connectivity index (χ4v) is 3.69. The third kappa shape index (κ3) is 3.95. The van der Waals surface area contributed by atoms with Crippen LogP contribution in [0.5, 0.6) is 0 Å². The highest BCUT2D eigenvalue weighted by molar-refractivity contribution is 6.17. The third-order valence-electron chi connectivity index (χ3n) is 4.61. The topological polar surface area (TPSA) is 34.5 Å². The molecule has 0 unspecified atom stereocenters. The fourth-order valence-electron chi connectivity index (χ4n) is 3.57. The average molecular weight is 363 g/mol. The van der Waals surface area contributed by atoms with Crippen LogP contribution < -0.4 is 0 Å². The zero-order valence-corrected chi connectivity index (χ0v) is 16.1. The lowest BCUT2D eigenvalue weighted by Gasteiger charge is -2.26. The van der Waals surface area contributed by atoms with E-state index in [0.29, 0.717) is 19.0 Å². The molecule has 1 aliphatic heterocycles. The van der Waals surface area contributed by atoms with Crippen molar-refractivity contribution in [1.82, 2.24) is 9.47 Å². The standard InChI is InChI=1S/C20H27ClN2O2/c1-20(2,3)25-19(24)22-13-9-16-15-7-4-5-8-17(15)23(12-6-11-21)18(16)10-14-22/h4-5,7-8H,6,9-14H2,1-3H3. The molecule has 5 heteroatoms. The van der Waals surface area contributed by atoms with Crippen LogP contribution in [0, 0.1) is 0 Å². The van der Waals surface area contributed by atoms with Crippen molar-refractivity contribution in [3.8, 4) is 0 Å². The van der Waals surface area contributed by atoms with E-state index in [2.05, 4.69) is 28.8 Å². The molecule has 4 nitrogen and oxygen atoms in total. The summed E-state index contributed by atoms with van der Waals surface area (Å²) in [5.41, 5.74) is 3.54. The molecule has 1 aromatic carbocycles. The highest BCUT2D eigenvalue weighted by atomic mass is 35.5. The van der Waals surface area contributed by atoms with E-state index in [0.717, 1.165) is 25.8 Å².